The summed E-state index contributed by atoms with van der Waals surface area (Å²) in [4.78, 5) is 0. The number of hydrogen-bond acceptors (Lipinski definition) is 0. The van der Waals surface area contributed by atoms with Gasteiger partial charge in [0.1, 0.15) is 0 Å². The van der Waals surface area contributed by atoms with Crippen LogP contribution >= 0.6 is 0 Å². The first-order valence-corrected chi connectivity index (χ1v) is 0. The van der Waals surface area contributed by atoms with Gasteiger partial charge >= 0.3 is 37.7 Å². The maximum Gasteiger partial charge on any atom is 1.00 e. The molecule has 0 aromatic heterocycles. The summed E-state index contributed by atoms with van der Waals surface area (Å²) in [5.74, 6) is 0. The van der Waals surface area contributed by atoms with Crippen LogP contribution in [0.3, 0.4) is 0 Å². The van der Waals surface area contributed by atoms with E-state index in [1.807, 2.05) is 0 Å². The van der Waals surface area contributed by atoms with Gasteiger partial charge in [-0.3, -0.25) is 0 Å². The zero-order valence-electron chi connectivity index (χ0n) is 5.33. The van der Waals surface area contributed by atoms with E-state index >= 15 is 0 Å². The Bertz CT molecular complexity index is 15.7. The van der Waals surface area contributed by atoms with Crippen LogP contribution in [0, 0.1) is 7.43 Å². The fourth-order valence-electron chi connectivity index (χ4n) is 0. The van der Waals surface area contributed by atoms with Crippen molar-refractivity contribution in [2.24, 2.45) is 0 Å². The predicted octanol–water partition coefficient (Wildman–Crippen LogP) is -7.08. The quantitative estimate of drug-likeness (QED) is 0.228. The van der Waals surface area contributed by atoms with E-state index in [9.17, 15) is 0 Å². The van der Waals surface area contributed by atoms with Gasteiger partial charge in [0.25, 0.3) is 0 Å². The molecule has 0 rings (SSSR count). The minimum absolute atomic E-state index is 0. The van der Waals surface area contributed by atoms with Gasteiger partial charge in [-0.1, -0.05) is 0 Å². The Morgan fingerprint density at radius 2 is 0.833 bits per heavy atom. The third kappa shape index (κ3) is 45.7. The largest absolute Gasteiger partial charge is 1.00 e. The third-order valence-electron chi connectivity index (χ3n) is 0. The fourth-order valence-corrected chi connectivity index (χ4v) is 0. The van der Waals surface area contributed by atoms with Crippen molar-refractivity contribution >= 4 is 0 Å². The van der Waals surface area contributed by atoms with Crippen molar-refractivity contribution in [3.05, 3.63) is 7.43 Å². The molecular weight excluding hydrogens is 117 g/mol. The molecule has 0 unspecified atom stereocenters. The minimum atomic E-state index is 0. The standard InChI is InChI=1S/CH3.Co.2Li.2H2O.H/h1H3;;;;2*1H2;/q-1;;2*+1;;;-1. The Labute approximate surface area is 74.1 Å². The maximum absolute atomic E-state index is 0. The van der Waals surface area contributed by atoms with Crippen molar-refractivity contribution in [3.63, 3.8) is 0 Å². The van der Waals surface area contributed by atoms with Gasteiger partial charge in [-0.15, -0.1) is 0 Å². The van der Waals surface area contributed by atoms with Crippen LogP contribution in [-0.4, -0.2) is 11.0 Å². The van der Waals surface area contributed by atoms with Crippen LogP contribution in [-0.2, 0) is 16.8 Å². The summed E-state index contributed by atoms with van der Waals surface area (Å²) in [5, 5.41) is 0. The van der Waals surface area contributed by atoms with Crippen LogP contribution in [0.15, 0.2) is 0 Å². The van der Waals surface area contributed by atoms with Gasteiger partial charge < -0.3 is 19.8 Å². The van der Waals surface area contributed by atoms with Crippen molar-refractivity contribution in [2.75, 3.05) is 0 Å². The Morgan fingerprint density at radius 3 is 0.833 bits per heavy atom. The van der Waals surface area contributed by atoms with E-state index in [1.165, 1.54) is 0 Å². The van der Waals surface area contributed by atoms with E-state index in [-0.39, 0.29) is 74.3 Å². The molecule has 0 saturated heterocycles. The monoisotopic (exact) mass is 125 g/mol. The Kier molecular flexibility index (Phi) is 1690. The first kappa shape index (κ1) is 127. The maximum atomic E-state index is 0. The molecule has 0 bridgehead atoms. The summed E-state index contributed by atoms with van der Waals surface area (Å²) in [7, 11) is 0. The van der Waals surface area contributed by atoms with Crippen LogP contribution < -0.4 is 37.7 Å². The molecule has 0 atom stereocenters. The molecule has 0 saturated carbocycles. The zero-order valence-corrected chi connectivity index (χ0v) is 5.37. The summed E-state index contributed by atoms with van der Waals surface area (Å²) in [5.41, 5.74) is 0. The van der Waals surface area contributed by atoms with Gasteiger partial charge in [-0.05, 0) is 0 Å². The van der Waals surface area contributed by atoms with E-state index in [2.05, 4.69) is 0 Å². The third-order valence-corrected chi connectivity index (χ3v) is 0. The first-order valence-electron chi connectivity index (χ1n) is 0. The van der Waals surface area contributed by atoms with E-state index in [4.69, 9.17) is 0 Å². The average molecular weight is 125 g/mol. The molecule has 6 heavy (non-hydrogen) atoms. The van der Waals surface area contributed by atoms with Gasteiger partial charge in [0.05, 0.1) is 0 Å². The van der Waals surface area contributed by atoms with Crippen molar-refractivity contribution in [3.8, 4) is 0 Å². The molecule has 4 N–H and O–H groups in total. The van der Waals surface area contributed by atoms with Crippen molar-refractivity contribution in [2.45, 2.75) is 0 Å². The van der Waals surface area contributed by atoms with Crippen molar-refractivity contribution in [1.82, 2.24) is 0 Å². The Hall–Kier alpha value is 1.62. The molecule has 0 aliphatic rings. The van der Waals surface area contributed by atoms with Crippen molar-refractivity contribution in [1.29, 1.82) is 0 Å². The van der Waals surface area contributed by atoms with Crippen LogP contribution in [0.2, 0.25) is 0 Å². The SMILES string of the molecule is O.O.[CH3-].[Co].[H-].[Li+].[Li+]. The van der Waals surface area contributed by atoms with Gasteiger partial charge in [0.15, 0.2) is 0 Å². The Balaban J connectivity index is 0. The van der Waals surface area contributed by atoms with E-state index < -0.39 is 0 Å². The smallest absolute Gasteiger partial charge is 1.00 e. The fraction of sp³-hybridized carbons (Fsp3) is 0. The molecule has 0 aromatic carbocycles. The summed E-state index contributed by atoms with van der Waals surface area (Å²) in [6.07, 6.45) is 0. The topological polar surface area (TPSA) is 63.0 Å². The van der Waals surface area contributed by atoms with Gasteiger partial charge in [0, 0.05) is 16.8 Å². The summed E-state index contributed by atoms with van der Waals surface area (Å²) >= 11 is 0. The normalized spacial score (nSPS) is 0. The van der Waals surface area contributed by atoms with E-state index in [1.54, 1.807) is 0 Å². The molecule has 0 fully saturated rings. The second-order valence-corrected chi connectivity index (χ2v) is 0. The minimum Gasteiger partial charge on any atom is -1.00 e. The first-order chi connectivity index (χ1) is 0. The molecule has 0 amide bonds. The molecule has 0 aromatic rings. The molecule has 0 heterocycles. The molecule has 0 aliphatic carbocycles. The second kappa shape index (κ2) is 79.6. The average Bonchev–Trinajstić information content (AvgIpc) is 0. The molecule has 35 valence electrons. The molecule has 5 heteroatoms. The van der Waals surface area contributed by atoms with E-state index in [0.717, 1.165) is 0 Å². The van der Waals surface area contributed by atoms with Gasteiger partial charge in [0.2, 0.25) is 0 Å². The summed E-state index contributed by atoms with van der Waals surface area (Å²) in [6.45, 7) is 0. The number of hydrogen-bond donors (Lipinski definition) is 0. The van der Waals surface area contributed by atoms with Crippen LogP contribution in [0.4, 0.5) is 0 Å². The summed E-state index contributed by atoms with van der Waals surface area (Å²) < 4.78 is 0. The van der Waals surface area contributed by atoms with Gasteiger partial charge in [-0.2, -0.15) is 0 Å². The van der Waals surface area contributed by atoms with Crippen LogP contribution in [0.5, 0.6) is 0 Å². The summed E-state index contributed by atoms with van der Waals surface area (Å²) in [6, 6.07) is 0. The zero-order chi connectivity index (χ0) is 0. The Morgan fingerprint density at radius 1 is 0.833 bits per heavy atom. The molecule has 2 nitrogen and oxygen atoms in total. The molecule has 0 aliphatic heterocycles. The molecular formula is CH8CoLi2O2. The van der Waals surface area contributed by atoms with Gasteiger partial charge in [-0.25, -0.2) is 0 Å². The van der Waals surface area contributed by atoms with Crippen molar-refractivity contribution < 1.29 is 66.9 Å². The second-order valence-electron chi connectivity index (χ2n) is 0. The number of rotatable bonds is 0. The van der Waals surface area contributed by atoms with E-state index in [0.29, 0.717) is 0 Å². The molecule has 0 spiro atoms. The van der Waals surface area contributed by atoms with Crippen LogP contribution in [0.25, 0.3) is 0 Å². The van der Waals surface area contributed by atoms with Crippen LogP contribution in [0.1, 0.15) is 1.43 Å². The predicted molar refractivity (Wildman–Crippen MR) is 14.8 cm³/mol. The molecule has 1 radical (unpaired) electrons.